The molecule has 144 valence electrons. The molecule has 7 heteroatoms. The first-order chi connectivity index (χ1) is 13.0. The van der Waals surface area contributed by atoms with E-state index in [1.54, 1.807) is 6.20 Å². The van der Waals surface area contributed by atoms with Crippen molar-refractivity contribution in [3.8, 4) is 11.4 Å². The number of H-pyrrole nitrogens is 1. The molecular weight excluding hydrogens is 342 g/mol. The number of hydrogen-bond donors (Lipinski definition) is 2. The van der Waals surface area contributed by atoms with Gasteiger partial charge in [0.15, 0.2) is 0 Å². The number of rotatable bonds is 5. The van der Waals surface area contributed by atoms with Crippen LogP contribution in [0.25, 0.3) is 11.4 Å². The molecule has 2 aromatic rings. The van der Waals surface area contributed by atoms with Crippen molar-refractivity contribution in [1.29, 1.82) is 0 Å². The van der Waals surface area contributed by atoms with Gasteiger partial charge in [-0.2, -0.15) is 0 Å². The smallest absolute Gasteiger partial charge is 0.251 e. The Morgan fingerprint density at radius 3 is 2.89 bits per heavy atom. The first kappa shape index (κ1) is 19.1. The Morgan fingerprint density at radius 2 is 2.22 bits per heavy atom. The quantitative estimate of drug-likeness (QED) is 0.843. The fourth-order valence-electron chi connectivity index (χ4n) is 3.21. The standard InChI is InChI=1S/C20H27N5O2/c1-4-15-10-18(26)24-19(22-15)14-7-8-17(21-11-14)25-9-5-6-16(12-25)23-20(27)13(2)3/h7-8,10-11,13,16H,4-6,9,12H2,1-3H3,(H,23,27)(H,22,24,26). The number of carbonyl (C=O) groups is 1. The fraction of sp³-hybridized carbons (Fsp3) is 0.500. The number of pyridine rings is 1. The number of aryl methyl sites for hydroxylation is 1. The summed E-state index contributed by atoms with van der Waals surface area (Å²) >= 11 is 0. The summed E-state index contributed by atoms with van der Waals surface area (Å²) in [6.45, 7) is 7.45. The molecular formula is C20H27N5O2. The molecule has 1 aliphatic heterocycles. The monoisotopic (exact) mass is 369 g/mol. The van der Waals surface area contributed by atoms with Crippen LogP contribution in [0, 0.1) is 5.92 Å². The van der Waals surface area contributed by atoms with Gasteiger partial charge in [-0.1, -0.05) is 20.8 Å². The Kier molecular flexibility index (Phi) is 5.88. The molecule has 2 aromatic heterocycles. The van der Waals surface area contributed by atoms with E-state index in [1.165, 1.54) is 6.07 Å². The van der Waals surface area contributed by atoms with E-state index in [2.05, 4.69) is 25.2 Å². The van der Waals surface area contributed by atoms with Gasteiger partial charge in [0.1, 0.15) is 11.6 Å². The van der Waals surface area contributed by atoms with Crippen LogP contribution in [-0.2, 0) is 11.2 Å². The van der Waals surface area contributed by atoms with Crippen LogP contribution in [0.4, 0.5) is 5.82 Å². The second-order valence-electron chi connectivity index (χ2n) is 7.29. The summed E-state index contributed by atoms with van der Waals surface area (Å²) in [5.41, 5.74) is 1.39. The largest absolute Gasteiger partial charge is 0.355 e. The first-order valence-corrected chi connectivity index (χ1v) is 9.58. The Morgan fingerprint density at radius 1 is 1.41 bits per heavy atom. The minimum atomic E-state index is -0.152. The van der Waals surface area contributed by atoms with Crippen molar-refractivity contribution < 1.29 is 4.79 Å². The predicted octanol–water partition coefficient (Wildman–Crippen LogP) is 2.14. The first-order valence-electron chi connectivity index (χ1n) is 9.58. The van der Waals surface area contributed by atoms with E-state index < -0.39 is 0 Å². The number of hydrogen-bond acceptors (Lipinski definition) is 5. The Hall–Kier alpha value is -2.70. The van der Waals surface area contributed by atoms with E-state index in [1.807, 2.05) is 32.9 Å². The molecule has 3 rings (SSSR count). The number of amides is 1. The lowest BCUT2D eigenvalue weighted by Gasteiger charge is -2.34. The zero-order valence-electron chi connectivity index (χ0n) is 16.2. The second-order valence-corrected chi connectivity index (χ2v) is 7.29. The van der Waals surface area contributed by atoms with Crippen molar-refractivity contribution >= 4 is 11.7 Å². The van der Waals surface area contributed by atoms with Crippen molar-refractivity contribution in [3.05, 3.63) is 40.4 Å². The average Bonchev–Trinajstić information content (AvgIpc) is 2.67. The Labute approximate surface area is 159 Å². The lowest BCUT2D eigenvalue weighted by molar-refractivity contribution is -0.124. The normalized spacial score (nSPS) is 17.2. The van der Waals surface area contributed by atoms with Crippen molar-refractivity contribution in [2.75, 3.05) is 18.0 Å². The highest BCUT2D eigenvalue weighted by molar-refractivity contribution is 5.78. The van der Waals surface area contributed by atoms with E-state index in [4.69, 9.17) is 0 Å². The Balaban J connectivity index is 1.72. The van der Waals surface area contributed by atoms with E-state index in [0.717, 1.165) is 43.0 Å². The minimum absolute atomic E-state index is 0.00803. The fourth-order valence-corrected chi connectivity index (χ4v) is 3.21. The summed E-state index contributed by atoms with van der Waals surface area (Å²) in [7, 11) is 0. The lowest BCUT2D eigenvalue weighted by atomic mass is 10.0. The lowest BCUT2D eigenvalue weighted by Crippen LogP contribution is -2.49. The van der Waals surface area contributed by atoms with Gasteiger partial charge in [0, 0.05) is 48.6 Å². The van der Waals surface area contributed by atoms with Gasteiger partial charge in [-0.05, 0) is 31.4 Å². The van der Waals surface area contributed by atoms with E-state index >= 15 is 0 Å². The predicted molar refractivity (Wildman–Crippen MR) is 106 cm³/mol. The molecule has 0 aliphatic carbocycles. The maximum atomic E-state index is 12.0. The second kappa shape index (κ2) is 8.33. The molecule has 1 fully saturated rings. The van der Waals surface area contributed by atoms with Crippen LogP contribution >= 0.6 is 0 Å². The average molecular weight is 369 g/mol. The highest BCUT2D eigenvalue weighted by Crippen LogP contribution is 2.21. The molecule has 1 saturated heterocycles. The number of anilines is 1. The number of nitrogens with zero attached hydrogens (tertiary/aromatic N) is 3. The summed E-state index contributed by atoms with van der Waals surface area (Å²) in [5, 5.41) is 3.12. The Bertz CT molecular complexity index is 844. The van der Waals surface area contributed by atoms with E-state index in [0.29, 0.717) is 12.2 Å². The van der Waals surface area contributed by atoms with Gasteiger partial charge in [0.05, 0.1) is 0 Å². The van der Waals surface area contributed by atoms with Gasteiger partial charge >= 0.3 is 0 Å². The molecule has 1 unspecified atom stereocenters. The highest BCUT2D eigenvalue weighted by atomic mass is 16.2. The summed E-state index contributed by atoms with van der Waals surface area (Å²) in [5.74, 6) is 1.50. The summed E-state index contributed by atoms with van der Waals surface area (Å²) in [6, 6.07) is 5.54. The van der Waals surface area contributed by atoms with Gasteiger partial charge in [0.25, 0.3) is 5.56 Å². The van der Waals surface area contributed by atoms with Crippen molar-refractivity contribution in [3.63, 3.8) is 0 Å². The van der Waals surface area contributed by atoms with Crippen LogP contribution in [0.2, 0.25) is 0 Å². The van der Waals surface area contributed by atoms with Crippen LogP contribution in [0.1, 0.15) is 39.3 Å². The third-order valence-corrected chi connectivity index (χ3v) is 4.79. The zero-order chi connectivity index (χ0) is 19.4. The summed E-state index contributed by atoms with van der Waals surface area (Å²) in [6.07, 6.45) is 4.45. The van der Waals surface area contributed by atoms with Gasteiger partial charge in [0.2, 0.25) is 5.91 Å². The SMILES string of the molecule is CCc1cc(=O)[nH]c(-c2ccc(N3CCCC(NC(=O)C(C)C)C3)nc2)n1. The maximum Gasteiger partial charge on any atom is 0.251 e. The molecule has 2 N–H and O–H groups in total. The zero-order valence-corrected chi connectivity index (χ0v) is 16.2. The molecule has 0 radical (unpaired) electrons. The van der Waals surface area contributed by atoms with Crippen LogP contribution < -0.4 is 15.8 Å². The van der Waals surface area contributed by atoms with Crippen molar-refractivity contribution in [1.82, 2.24) is 20.3 Å². The molecule has 0 spiro atoms. The summed E-state index contributed by atoms with van der Waals surface area (Å²) in [4.78, 5) is 37.7. The number of aromatic nitrogens is 3. The van der Waals surface area contributed by atoms with E-state index in [9.17, 15) is 9.59 Å². The number of piperidine rings is 1. The van der Waals surface area contributed by atoms with Crippen LogP contribution in [0.5, 0.6) is 0 Å². The number of aromatic amines is 1. The molecule has 1 atom stereocenters. The third kappa shape index (κ3) is 4.72. The highest BCUT2D eigenvalue weighted by Gasteiger charge is 2.23. The molecule has 7 nitrogen and oxygen atoms in total. The molecule has 1 aliphatic rings. The number of carbonyl (C=O) groups excluding carboxylic acids is 1. The van der Waals surface area contributed by atoms with Crippen LogP contribution in [0.15, 0.2) is 29.2 Å². The van der Waals surface area contributed by atoms with Crippen molar-refractivity contribution in [2.24, 2.45) is 5.92 Å². The van der Waals surface area contributed by atoms with Crippen molar-refractivity contribution in [2.45, 2.75) is 46.1 Å². The molecule has 0 aromatic carbocycles. The molecule has 0 bridgehead atoms. The van der Waals surface area contributed by atoms with E-state index in [-0.39, 0.29) is 23.4 Å². The van der Waals surface area contributed by atoms with Gasteiger partial charge < -0.3 is 15.2 Å². The van der Waals surface area contributed by atoms with Gasteiger partial charge in [-0.15, -0.1) is 0 Å². The maximum absolute atomic E-state index is 12.0. The topological polar surface area (TPSA) is 91.0 Å². The molecule has 1 amide bonds. The van der Waals surface area contributed by atoms with Gasteiger partial charge in [-0.25, -0.2) is 9.97 Å². The molecule has 27 heavy (non-hydrogen) atoms. The van der Waals surface area contributed by atoms with Crippen LogP contribution in [0.3, 0.4) is 0 Å². The summed E-state index contributed by atoms with van der Waals surface area (Å²) < 4.78 is 0. The molecule has 0 saturated carbocycles. The molecule has 3 heterocycles. The minimum Gasteiger partial charge on any atom is -0.355 e. The third-order valence-electron chi connectivity index (χ3n) is 4.79. The van der Waals surface area contributed by atoms with Gasteiger partial charge in [-0.3, -0.25) is 9.59 Å². The number of nitrogens with one attached hydrogen (secondary N) is 2. The van der Waals surface area contributed by atoms with Crippen LogP contribution in [-0.4, -0.2) is 40.0 Å².